The van der Waals surface area contributed by atoms with Gasteiger partial charge >= 0.3 is 0 Å². The van der Waals surface area contributed by atoms with Crippen LogP contribution in [0.1, 0.15) is 126 Å². The van der Waals surface area contributed by atoms with Crippen molar-refractivity contribution in [3.63, 3.8) is 0 Å². The van der Waals surface area contributed by atoms with Gasteiger partial charge in [0.05, 0.1) is 12.0 Å². The highest BCUT2D eigenvalue weighted by Gasteiger charge is 2.39. The Kier molecular flexibility index (Phi) is 9.67. The molecule has 2 rings (SSSR count). The zero-order valence-corrected chi connectivity index (χ0v) is 22.1. The normalized spacial score (nSPS) is 20.2. The zero-order valence-electron chi connectivity index (χ0n) is 22.1. The maximum Gasteiger partial charge on any atom is 0.170 e. The predicted molar refractivity (Wildman–Crippen MR) is 135 cm³/mol. The van der Waals surface area contributed by atoms with Crippen LogP contribution in [0, 0.1) is 38.5 Å². The summed E-state index contributed by atoms with van der Waals surface area (Å²) in [6.07, 6.45) is 11.6. The van der Waals surface area contributed by atoms with E-state index in [1.807, 2.05) is 20.8 Å². The molecule has 0 amide bonds. The number of phenols is 1. The zero-order chi connectivity index (χ0) is 24.1. The highest BCUT2D eigenvalue weighted by molar-refractivity contribution is 6.03. The van der Waals surface area contributed by atoms with Crippen LogP contribution in [0.3, 0.4) is 0 Å². The van der Waals surface area contributed by atoms with E-state index in [2.05, 4.69) is 34.6 Å². The highest BCUT2D eigenvalue weighted by atomic mass is 16.5. The van der Waals surface area contributed by atoms with Crippen LogP contribution in [0.2, 0.25) is 0 Å². The summed E-state index contributed by atoms with van der Waals surface area (Å²) in [4.78, 5) is 13.0. The topological polar surface area (TPSA) is 46.5 Å². The SMILES string of the molecule is Cc1c(C)c2c(c(C)c1O)C(=O)C[C@@](C)(CCCC(C)CCCC(C)CCCC(C)C)O2. The van der Waals surface area contributed by atoms with Crippen molar-refractivity contribution < 1.29 is 14.6 Å². The lowest BCUT2D eigenvalue weighted by molar-refractivity contribution is 0.0438. The fourth-order valence-corrected chi connectivity index (χ4v) is 5.22. The first-order valence-corrected chi connectivity index (χ1v) is 13.0. The summed E-state index contributed by atoms with van der Waals surface area (Å²) in [5.74, 6) is 3.41. The number of carbonyl (C=O) groups is 1. The molecule has 0 spiro atoms. The van der Waals surface area contributed by atoms with Gasteiger partial charge in [0.25, 0.3) is 0 Å². The van der Waals surface area contributed by atoms with Crippen molar-refractivity contribution in [2.75, 3.05) is 0 Å². The molecule has 0 aromatic heterocycles. The molecule has 32 heavy (non-hydrogen) atoms. The van der Waals surface area contributed by atoms with Crippen LogP contribution in [-0.4, -0.2) is 16.5 Å². The van der Waals surface area contributed by atoms with Crippen molar-refractivity contribution in [3.8, 4) is 11.5 Å². The molecule has 0 bridgehead atoms. The molecule has 1 aromatic rings. The third-order valence-corrected chi connectivity index (χ3v) is 7.65. The van der Waals surface area contributed by atoms with Crippen LogP contribution < -0.4 is 4.74 Å². The van der Waals surface area contributed by atoms with Crippen LogP contribution in [-0.2, 0) is 0 Å². The van der Waals surface area contributed by atoms with Crippen LogP contribution in [0.15, 0.2) is 0 Å². The van der Waals surface area contributed by atoms with Crippen molar-refractivity contribution in [3.05, 3.63) is 22.3 Å². The van der Waals surface area contributed by atoms with Gasteiger partial charge in [0.15, 0.2) is 5.78 Å². The lowest BCUT2D eigenvalue weighted by atomic mass is 9.83. The number of Topliss-reactive ketones (excluding diaryl/α,β-unsaturated/α-hetero) is 1. The van der Waals surface area contributed by atoms with Gasteiger partial charge in [0.2, 0.25) is 0 Å². The van der Waals surface area contributed by atoms with Gasteiger partial charge in [0.1, 0.15) is 17.1 Å². The maximum absolute atomic E-state index is 13.0. The number of aromatic hydroxyl groups is 1. The molecule has 0 fully saturated rings. The van der Waals surface area contributed by atoms with E-state index < -0.39 is 5.60 Å². The Morgan fingerprint density at radius 1 is 0.844 bits per heavy atom. The maximum atomic E-state index is 13.0. The lowest BCUT2D eigenvalue weighted by Crippen LogP contribution is -2.40. The largest absolute Gasteiger partial charge is 0.507 e. The first-order valence-electron chi connectivity index (χ1n) is 13.0. The van der Waals surface area contributed by atoms with Gasteiger partial charge in [-0.3, -0.25) is 4.79 Å². The second-order valence-electron chi connectivity index (χ2n) is 11.4. The van der Waals surface area contributed by atoms with E-state index in [0.717, 1.165) is 41.7 Å². The molecule has 1 N–H and O–H groups in total. The molecule has 0 radical (unpaired) electrons. The van der Waals surface area contributed by atoms with E-state index in [4.69, 9.17) is 4.74 Å². The number of rotatable bonds is 12. The van der Waals surface area contributed by atoms with Gasteiger partial charge in [0, 0.05) is 5.56 Å². The standard InChI is InChI=1S/C29H48O3/c1-19(2)12-9-13-20(3)14-10-15-21(4)16-11-17-29(8)18-25(30)26-24(7)27(31)22(5)23(6)28(26)32-29/h19-21,31H,9-18H2,1-8H3/t20?,21?,29-/m1/s1. The molecule has 0 saturated heterocycles. The Hall–Kier alpha value is -1.51. The molecule has 1 aliphatic rings. The van der Waals surface area contributed by atoms with Crippen molar-refractivity contribution in [1.29, 1.82) is 0 Å². The highest BCUT2D eigenvalue weighted by Crippen LogP contribution is 2.44. The first-order chi connectivity index (χ1) is 14.9. The molecule has 0 aliphatic carbocycles. The fraction of sp³-hybridized carbons (Fsp3) is 0.759. The van der Waals surface area contributed by atoms with Crippen molar-refractivity contribution in [2.24, 2.45) is 17.8 Å². The number of carbonyl (C=O) groups excluding carboxylic acids is 1. The average Bonchev–Trinajstić information content (AvgIpc) is 2.69. The minimum absolute atomic E-state index is 0.101. The Morgan fingerprint density at radius 3 is 1.94 bits per heavy atom. The van der Waals surface area contributed by atoms with Crippen molar-refractivity contribution in [2.45, 2.75) is 125 Å². The molecule has 3 atom stereocenters. The van der Waals surface area contributed by atoms with Crippen molar-refractivity contribution in [1.82, 2.24) is 0 Å². The summed E-state index contributed by atoms with van der Waals surface area (Å²) >= 11 is 0. The van der Waals surface area contributed by atoms with Gasteiger partial charge in [-0.2, -0.15) is 0 Å². The summed E-state index contributed by atoms with van der Waals surface area (Å²) in [6, 6.07) is 0. The summed E-state index contributed by atoms with van der Waals surface area (Å²) < 4.78 is 6.45. The van der Waals surface area contributed by atoms with Crippen molar-refractivity contribution >= 4 is 5.78 Å². The van der Waals surface area contributed by atoms with E-state index in [1.54, 1.807) is 0 Å². The Morgan fingerprint density at radius 2 is 1.38 bits per heavy atom. The minimum atomic E-state index is -0.449. The van der Waals surface area contributed by atoms with Crippen LogP contribution >= 0.6 is 0 Å². The van der Waals surface area contributed by atoms with E-state index >= 15 is 0 Å². The molecular weight excluding hydrogens is 396 g/mol. The summed E-state index contributed by atoms with van der Waals surface area (Å²) in [6.45, 7) is 17.1. The Labute approximate surface area is 197 Å². The van der Waals surface area contributed by atoms with Gasteiger partial charge in [-0.05, 0) is 69.4 Å². The molecule has 0 saturated carbocycles. The van der Waals surface area contributed by atoms with Gasteiger partial charge in [-0.15, -0.1) is 0 Å². The summed E-state index contributed by atoms with van der Waals surface area (Å²) in [5.41, 5.74) is 2.49. The van der Waals surface area contributed by atoms with E-state index in [1.165, 1.54) is 44.9 Å². The Bertz CT molecular complexity index is 779. The first kappa shape index (κ1) is 26.7. The summed E-state index contributed by atoms with van der Waals surface area (Å²) in [5, 5.41) is 10.4. The quantitative estimate of drug-likeness (QED) is 0.351. The minimum Gasteiger partial charge on any atom is -0.507 e. The van der Waals surface area contributed by atoms with Crippen LogP contribution in [0.4, 0.5) is 0 Å². The number of fused-ring (bicyclic) bond motifs is 1. The second kappa shape index (κ2) is 11.6. The Balaban J connectivity index is 1.80. The van der Waals surface area contributed by atoms with Gasteiger partial charge in [-0.25, -0.2) is 0 Å². The van der Waals surface area contributed by atoms with E-state index in [-0.39, 0.29) is 11.5 Å². The lowest BCUT2D eigenvalue weighted by Gasteiger charge is -2.37. The third-order valence-electron chi connectivity index (χ3n) is 7.65. The number of ether oxygens (including phenoxy) is 1. The van der Waals surface area contributed by atoms with Gasteiger partial charge < -0.3 is 9.84 Å². The number of hydrogen-bond donors (Lipinski definition) is 1. The molecule has 1 aromatic carbocycles. The molecule has 3 heteroatoms. The molecule has 1 heterocycles. The number of phenolic OH excluding ortho intramolecular Hbond substituents is 1. The monoisotopic (exact) mass is 444 g/mol. The van der Waals surface area contributed by atoms with Crippen LogP contribution in [0.5, 0.6) is 11.5 Å². The molecule has 1 aliphatic heterocycles. The molecule has 2 unspecified atom stereocenters. The van der Waals surface area contributed by atoms with Crippen LogP contribution in [0.25, 0.3) is 0 Å². The fourth-order valence-electron chi connectivity index (χ4n) is 5.22. The number of ketones is 1. The number of benzene rings is 1. The van der Waals surface area contributed by atoms with E-state index in [0.29, 0.717) is 23.3 Å². The molecule has 3 nitrogen and oxygen atoms in total. The average molecular weight is 445 g/mol. The molecular formula is C29H48O3. The van der Waals surface area contributed by atoms with Gasteiger partial charge in [-0.1, -0.05) is 72.6 Å². The molecule has 182 valence electrons. The van der Waals surface area contributed by atoms with E-state index in [9.17, 15) is 9.90 Å². The third kappa shape index (κ3) is 6.99. The smallest absolute Gasteiger partial charge is 0.170 e. The summed E-state index contributed by atoms with van der Waals surface area (Å²) in [7, 11) is 0. The second-order valence-corrected chi connectivity index (χ2v) is 11.4. The number of hydrogen-bond acceptors (Lipinski definition) is 3. The predicted octanol–water partition coefficient (Wildman–Crippen LogP) is 8.48.